The summed E-state index contributed by atoms with van der Waals surface area (Å²) < 4.78 is 10.4. The lowest BCUT2D eigenvalue weighted by Crippen LogP contribution is -1.99. The molecule has 2 rings (SSSR count). The van der Waals surface area contributed by atoms with Crippen molar-refractivity contribution in [1.29, 1.82) is 0 Å². The molecule has 0 saturated heterocycles. The van der Waals surface area contributed by atoms with Crippen LogP contribution in [0.1, 0.15) is 11.3 Å². The van der Waals surface area contributed by atoms with Crippen LogP contribution >= 0.6 is 0 Å². The van der Waals surface area contributed by atoms with Crippen LogP contribution in [0.3, 0.4) is 0 Å². The van der Waals surface area contributed by atoms with E-state index in [1.807, 2.05) is 19.9 Å². The summed E-state index contributed by atoms with van der Waals surface area (Å²) in [5, 5.41) is 0. The summed E-state index contributed by atoms with van der Waals surface area (Å²) in [5.74, 6) is 1.01. The molecule has 0 unspecified atom stereocenters. The number of hydrogen-bond acceptors (Lipinski definition) is 5. The van der Waals surface area contributed by atoms with E-state index in [0.717, 1.165) is 22.5 Å². The molecule has 0 aromatic carbocycles. The van der Waals surface area contributed by atoms with Crippen LogP contribution < -0.4 is 9.47 Å². The minimum Gasteiger partial charge on any atom is -0.481 e. The molecule has 0 radical (unpaired) electrons. The van der Waals surface area contributed by atoms with Gasteiger partial charge in [0, 0.05) is 11.8 Å². The minimum absolute atomic E-state index is 0.496. The number of methoxy groups -OCH3 is 2. The molecule has 5 heteroatoms. The van der Waals surface area contributed by atoms with Gasteiger partial charge in [-0.1, -0.05) is 0 Å². The van der Waals surface area contributed by atoms with Gasteiger partial charge < -0.3 is 9.47 Å². The number of hydrogen-bond donors (Lipinski definition) is 0. The van der Waals surface area contributed by atoms with E-state index in [2.05, 4.69) is 15.0 Å². The van der Waals surface area contributed by atoms with Crippen molar-refractivity contribution < 1.29 is 9.47 Å². The molecule has 0 fully saturated rings. The van der Waals surface area contributed by atoms with Crippen LogP contribution in [0.5, 0.6) is 11.8 Å². The quantitative estimate of drug-likeness (QED) is 0.829. The smallest absolute Gasteiger partial charge is 0.226 e. The van der Waals surface area contributed by atoms with Crippen molar-refractivity contribution in [2.24, 2.45) is 0 Å². The highest BCUT2D eigenvalue weighted by Gasteiger charge is 2.13. The lowest BCUT2D eigenvalue weighted by atomic mass is 10.1. The Hall–Kier alpha value is -2.17. The van der Waals surface area contributed by atoms with Crippen LogP contribution in [0.2, 0.25) is 0 Å². The van der Waals surface area contributed by atoms with Gasteiger partial charge in [-0.15, -0.1) is 0 Å². The Labute approximate surface area is 106 Å². The molecule has 0 N–H and O–H groups in total. The van der Waals surface area contributed by atoms with Crippen molar-refractivity contribution in [3.8, 4) is 23.0 Å². The molecule has 0 aliphatic carbocycles. The summed E-state index contributed by atoms with van der Waals surface area (Å²) in [5.41, 5.74) is 3.62. The van der Waals surface area contributed by atoms with Gasteiger partial charge in [0.25, 0.3) is 0 Å². The van der Waals surface area contributed by atoms with Gasteiger partial charge in [0.05, 0.1) is 25.5 Å². The van der Waals surface area contributed by atoms with E-state index in [1.54, 1.807) is 26.6 Å². The molecule has 18 heavy (non-hydrogen) atoms. The fraction of sp³-hybridized carbons (Fsp3) is 0.308. The van der Waals surface area contributed by atoms with Gasteiger partial charge in [0.2, 0.25) is 11.8 Å². The van der Waals surface area contributed by atoms with E-state index in [-0.39, 0.29) is 0 Å². The molecule has 2 aromatic heterocycles. The lowest BCUT2D eigenvalue weighted by Gasteiger charge is -2.11. The Morgan fingerprint density at radius 2 is 1.78 bits per heavy atom. The van der Waals surface area contributed by atoms with E-state index in [9.17, 15) is 0 Å². The van der Waals surface area contributed by atoms with Crippen LogP contribution in [-0.4, -0.2) is 29.2 Å². The second-order valence-electron chi connectivity index (χ2n) is 3.84. The van der Waals surface area contributed by atoms with Gasteiger partial charge in [0.1, 0.15) is 6.33 Å². The first kappa shape index (κ1) is 12.3. The van der Waals surface area contributed by atoms with Crippen LogP contribution in [-0.2, 0) is 0 Å². The molecule has 2 heterocycles. The SMILES string of the molecule is COc1ccc(-c2ncnc(C)c2C)c(OC)n1. The second-order valence-corrected chi connectivity index (χ2v) is 3.84. The fourth-order valence-electron chi connectivity index (χ4n) is 1.68. The van der Waals surface area contributed by atoms with Gasteiger partial charge in [-0.25, -0.2) is 9.97 Å². The first-order valence-corrected chi connectivity index (χ1v) is 5.55. The first-order chi connectivity index (χ1) is 8.67. The van der Waals surface area contributed by atoms with Crippen molar-refractivity contribution in [2.45, 2.75) is 13.8 Å². The maximum atomic E-state index is 5.29. The molecule has 94 valence electrons. The van der Waals surface area contributed by atoms with Crippen molar-refractivity contribution in [1.82, 2.24) is 15.0 Å². The summed E-state index contributed by atoms with van der Waals surface area (Å²) in [6.45, 7) is 3.93. The Kier molecular flexibility index (Phi) is 3.41. The summed E-state index contributed by atoms with van der Waals surface area (Å²) in [6, 6.07) is 3.67. The molecule has 0 spiro atoms. The maximum absolute atomic E-state index is 5.29. The number of aryl methyl sites for hydroxylation is 1. The predicted octanol–water partition coefficient (Wildman–Crippen LogP) is 2.17. The largest absolute Gasteiger partial charge is 0.481 e. The lowest BCUT2D eigenvalue weighted by molar-refractivity contribution is 0.365. The van der Waals surface area contributed by atoms with Gasteiger partial charge >= 0.3 is 0 Å². The Balaban J connectivity index is 2.60. The summed E-state index contributed by atoms with van der Waals surface area (Å²) in [7, 11) is 3.15. The zero-order valence-electron chi connectivity index (χ0n) is 10.9. The molecule has 5 nitrogen and oxygen atoms in total. The molecular formula is C13H15N3O2. The van der Waals surface area contributed by atoms with Crippen molar-refractivity contribution in [2.75, 3.05) is 14.2 Å². The standard InChI is InChI=1S/C13H15N3O2/c1-8-9(2)14-7-15-12(8)10-5-6-11(17-3)16-13(10)18-4/h5-7H,1-4H3. The minimum atomic E-state index is 0.496. The summed E-state index contributed by atoms with van der Waals surface area (Å²) in [4.78, 5) is 12.7. The van der Waals surface area contributed by atoms with E-state index < -0.39 is 0 Å². The van der Waals surface area contributed by atoms with Crippen molar-refractivity contribution in [3.63, 3.8) is 0 Å². The number of ether oxygens (including phenoxy) is 2. The Bertz CT molecular complexity index is 570. The molecule has 0 amide bonds. The monoisotopic (exact) mass is 245 g/mol. The predicted molar refractivity (Wildman–Crippen MR) is 67.8 cm³/mol. The highest BCUT2D eigenvalue weighted by Crippen LogP contribution is 2.31. The zero-order valence-corrected chi connectivity index (χ0v) is 10.9. The van der Waals surface area contributed by atoms with Gasteiger partial charge in [0.15, 0.2) is 0 Å². The normalized spacial score (nSPS) is 10.2. The number of rotatable bonds is 3. The molecule has 0 atom stereocenters. The van der Waals surface area contributed by atoms with Gasteiger partial charge in [-0.3, -0.25) is 0 Å². The zero-order chi connectivity index (χ0) is 13.1. The molecular weight excluding hydrogens is 230 g/mol. The third-order valence-corrected chi connectivity index (χ3v) is 2.83. The molecule has 0 saturated carbocycles. The number of aromatic nitrogens is 3. The van der Waals surface area contributed by atoms with Gasteiger partial charge in [-0.2, -0.15) is 4.98 Å². The van der Waals surface area contributed by atoms with Crippen LogP contribution in [0, 0.1) is 13.8 Å². The Morgan fingerprint density at radius 3 is 2.44 bits per heavy atom. The van der Waals surface area contributed by atoms with E-state index in [1.165, 1.54) is 0 Å². The third-order valence-electron chi connectivity index (χ3n) is 2.83. The average molecular weight is 245 g/mol. The first-order valence-electron chi connectivity index (χ1n) is 5.55. The molecule has 2 aromatic rings. The molecule has 0 bridgehead atoms. The van der Waals surface area contributed by atoms with Crippen LogP contribution in [0.25, 0.3) is 11.3 Å². The molecule has 0 aliphatic rings. The highest BCUT2D eigenvalue weighted by atomic mass is 16.5. The van der Waals surface area contributed by atoms with Crippen molar-refractivity contribution in [3.05, 3.63) is 29.7 Å². The van der Waals surface area contributed by atoms with E-state index >= 15 is 0 Å². The highest BCUT2D eigenvalue weighted by molar-refractivity contribution is 5.68. The summed E-state index contributed by atoms with van der Waals surface area (Å²) in [6.07, 6.45) is 1.54. The van der Waals surface area contributed by atoms with Gasteiger partial charge in [-0.05, 0) is 25.5 Å². The average Bonchev–Trinajstić information content (AvgIpc) is 2.41. The second kappa shape index (κ2) is 5.00. The fourth-order valence-corrected chi connectivity index (χ4v) is 1.68. The van der Waals surface area contributed by atoms with E-state index in [4.69, 9.17) is 9.47 Å². The Morgan fingerprint density at radius 1 is 1.00 bits per heavy atom. The van der Waals surface area contributed by atoms with E-state index in [0.29, 0.717) is 11.8 Å². The van der Waals surface area contributed by atoms with Crippen molar-refractivity contribution >= 4 is 0 Å². The number of nitrogens with zero attached hydrogens (tertiary/aromatic N) is 3. The topological polar surface area (TPSA) is 57.1 Å². The third kappa shape index (κ3) is 2.11. The summed E-state index contributed by atoms with van der Waals surface area (Å²) >= 11 is 0. The van der Waals surface area contributed by atoms with Crippen LogP contribution in [0.15, 0.2) is 18.5 Å². The maximum Gasteiger partial charge on any atom is 0.226 e. The number of pyridine rings is 1. The molecule has 0 aliphatic heterocycles. The van der Waals surface area contributed by atoms with Crippen LogP contribution in [0.4, 0.5) is 0 Å².